The third-order valence-electron chi connectivity index (χ3n) is 10.5. The van der Waals surface area contributed by atoms with Crippen molar-refractivity contribution >= 4 is 0 Å². The van der Waals surface area contributed by atoms with Gasteiger partial charge in [-0.1, -0.05) is 50.3 Å². The third kappa shape index (κ3) is 3.22. The number of furan rings is 1. The molecule has 2 aromatic rings. The van der Waals surface area contributed by atoms with Crippen LogP contribution in [0.1, 0.15) is 70.1 Å². The van der Waals surface area contributed by atoms with Crippen LogP contribution in [0.4, 0.5) is 0 Å². The summed E-state index contributed by atoms with van der Waals surface area (Å²) in [5.41, 5.74) is 0.520. The minimum atomic E-state index is -0.979. The number of rotatable bonds is 4. The van der Waals surface area contributed by atoms with Crippen LogP contribution in [0.3, 0.4) is 0 Å². The lowest BCUT2D eigenvalue weighted by atomic mass is 9.44. The monoisotopic (exact) mass is 446 g/mol. The molecule has 0 radical (unpaired) electrons. The molecule has 1 aromatic carbocycles. The van der Waals surface area contributed by atoms with Crippen LogP contribution in [0.25, 0.3) is 0 Å². The summed E-state index contributed by atoms with van der Waals surface area (Å²) in [6, 6.07) is 14.4. The van der Waals surface area contributed by atoms with Crippen molar-refractivity contribution < 1.29 is 14.3 Å². The number of ether oxygens (including phenoxy) is 1. The first-order chi connectivity index (χ1) is 15.9. The topological polar surface area (TPSA) is 42.6 Å². The highest BCUT2D eigenvalue weighted by atomic mass is 16.5. The average Bonchev–Trinajstić information content (AvgIpc) is 3.46. The minimum absolute atomic E-state index is 0.175. The van der Waals surface area contributed by atoms with Gasteiger partial charge in [-0.3, -0.25) is 0 Å². The summed E-state index contributed by atoms with van der Waals surface area (Å²) in [5, 5.41) is 11.8. The number of allylic oxidation sites excluding steroid dienone is 1. The first kappa shape index (κ1) is 21.7. The van der Waals surface area contributed by atoms with Gasteiger partial charge in [0.1, 0.15) is 11.4 Å². The van der Waals surface area contributed by atoms with Crippen LogP contribution in [0, 0.1) is 34.5 Å². The molecule has 3 nitrogen and oxygen atoms in total. The highest BCUT2D eigenvalue weighted by Gasteiger charge is 2.64. The lowest BCUT2D eigenvalue weighted by molar-refractivity contribution is -0.162. The Morgan fingerprint density at radius 3 is 2.64 bits per heavy atom. The van der Waals surface area contributed by atoms with Gasteiger partial charge in [0.25, 0.3) is 0 Å². The molecule has 0 bridgehead atoms. The molecule has 6 rings (SSSR count). The van der Waals surface area contributed by atoms with Crippen LogP contribution in [0.15, 0.2) is 65.3 Å². The zero-order valence-electron chi connectivity index (χ0n) is 20.1. The highest BCUT2D eigenvalue weighted by molar-refractivity contribution is 5.32. The van der Waals surface area contributed by atoms with Crippen LogP contribution in [-0.2, 0) is 16.9 Å². The van der Waals surface area contributed by atoms with E-state index in [1.54, 1.807) is 6.26 Å². The predicted molar refractivity (Wildman–Crippen MR) is 129 cm³/mol. The third-order valence-corrected chi connectivity index (χ3v) is 10.5. The standard InChI is InChI=1S/C30H38O3/c1-28-15-12-23(33-20-21-7-4-3-5-8-21)19-22(28)10-11-24-25(28)13-16-29(2)26(24)14-17-30(29,31)27-9-6-18-32-27/h3-9,14,17-18,22-26,31H,10-13,15-16,19-20H2,1-2H3/t22?,23-,24+,25-,26?,28-,29-,30+/m0/s1. The van der Waals surface area contributed by atoms with Crippen LogP contribution < -0.4 is 0 Å². The molecule has 0 amide bonds. The number of hydrogen-bond acceptors (Lipinski definition) is 3. The summed E-state index contributed by atoms with van der Waals surface area (Å²) >= 11 is 0. The Kier molecular flexibility index (Phi) is 5.16. The zero-order chi connectivity index (χ0) is 22.7. The van der Waals surface area contributed by atoms with Crippen molar-refractivity contribution in [3.8, 4) is 0 Å². The normalized spacial score (nSPS) is 44.2. The Bertz CT molecular complexity index is 997. The van der Waals surface area contributed by atoms with E-state index >= 15 is 0 Å². The molecule has 4 aliphatic rings. The van der Waals surface area contributed by atoms with Gasteiger partial charge >= 0.3 is 0 Å². The van der Waals surface area contributed by atoms with Crippen molar-refractivity contribution in [3.63, 3.8) is 0 Å². The Hall–Kier alpha value is -1.84. The number of hydrogen-bond donors (Lipinski definition) is 1. The summed E-state index contributed by atoms with van der Waals surface area (Å²) in [7, 11) is 0. The van der Waals surface area contributed by atoms with Crippen LogP contribution >= 0.6 is 0 Å². The van der Waals surface area contributed by atoms with Crippen molar-refractivity contribution in [3.05, 3.63) is 72.2 Å². The maximum absolute atomic E-state index is 11.8. The Morgan fingerprint density at radius 2 is 1.85 bits per heavy atom. The van der Waals surface area contributed by atoms with E-state index in [-0.39, 0.29) is 5.41 Å². The second-order valence-corrected chi connectivity index (χ2v) is 11.8. The van der Waals surface area contributed by atoms with Gasteiger partial charge in [-0.05, 0) is 97.8 Å². The van der Waals surface area contributed by atoms with E-state index in [2.05, 4.69) is 56.3 Å². The molecule has 3 saturated carbocycles. The Morgan fingerprint density at radius 1 is 1.00 bits per heavy atom. The molecule has 2 unspecified atom stereocenters. The second-order valence-electron chi connectivity index (χ2n) is 11.8. The van der Waals surface area contributed by atoms with Crippen LogP contribution in [0.2, 0.25) is 0 Å². The van der Waals surface area contributed by atoms with Gasteiger partial charge in [-0.25, -0.2) is 0 Å². The SMILES string of the molecule is C[C@]12CC[C@H](OCc3ccccc3)CC1CC[C@H]1C3C=C[C@@](O)(c4ccco4)[C@@]3(C)CC[C@@H]12. The van der Waals surface area contributed by atoms with E-state index in [0.29, 0.717) is 29.1 Å². The Labute approximate surface area is 198 Å². The van der Waals surface area contributed by atoms with Crippen molar-refractivity contribution in [2.75, 3.05) is 0 Å². The smallest absolute Gasteiger partial charge is 0.146 e. The summed E-state index contributed by atoms with van der Waals surface area (Å²) in [6.07, 6.45) is 15.0. The van der Waals surface area contributed by atoms with Gasteiger partial charge in [-0.15, -0.1) is 0 Å². The largest absolute Gasteiger partial charge is 0.466 e. The summed E-state index contributed by atoms with van der Waals surface area (Å²) in [5.74, 6) is 3.29. The van der Waals surface area contributed by atoms with E-state index in [4.69, 9.17) is 9.15 Å². The molecule has 0 spiro atoms. The van der Waals surface area contributed by atoms with Gasteiger partial charge in [0.15, 0.2) is 0 Å². The molecule has 1 N–H and O–H groups in total. The van der Waals surface area contributed by atoms with Gasteiger partial charge in [-0.2, -0.15) is 0 Å². The zero-order valence-corrected chi connectivity index (χ0v) is 20.1. The molecule has 1 aromatic heterocycles. The van der Waals surface area contributed by atoms with Gasteiger partial charge in [0.05, 0.1) is 19.0 Å². The maximum Gasteiger partial charge on any atom is 0.146 e. The average molecular weight is 447 g/mol. The van der Waals surface area contributed by atoms with Crippen molar-refractivity contribution in [1.29, 1.82) is 0 Å². The first-order valence-electron chi connectivity index (χ1n) is 13.1. The molecule has 3 fully saturated rings. The molecule has 8 atom stereocenters. The fourth-order valence-electron chi connectivity index (χ4n) is 8.50. The summed E-state index contributed by atoms with van der Waals surface area (Å²) in [6.45, 7) is 5.62. The quantitative estimate of drug-likeness (QED) is 0.521. The number of fused-ring (bicyclic) bond motifs is 5. The van der Waals surface area contributed by atoms with E-state index in [0.717, 1.165) is 24.9 Å². The minimum Gasteiger partial charge on any atom is -0.466 e. The fraction of sp³-hybridized carbons (Fsp3) is 0.600. The molecule has 3 heteroatoms. The van der Waals surface area contributed by atoms with Gasteiger partial charge < -0.3 is 14.3 Å². The molecule has 4 aliphatic carbocycles. The molecule has 1 heterocycles. The molecular weight excluding hydrogens is 408 g/mol. The maximum atomic E-state index is 11.8. The van der Waals surface area contributed by atoms with Crippen LogP contribution in [0.5, 0.6) is 0 Å². The Balaban J connectivity index is 1.17. The lowest BCUT2D eigenvalue weighted by Crippen LogP contribution is -2.56. The molecule has 0 aliphatic heterocycles. The van der Waals surface area contributed by atoms with E-state index in [1.807, 2.05) is 12.1 Å². The number of benzene rings is 1. The van der Waals surface area contributed by atoms with Crippen molar-refractivity contribution in [2.24, 2.45) is 34.5 Å². The van der Waals surface area contributed by atoms with Crippen molar-refractivity contribution in [1.82, 2.24) is 0 Å². The van der Waals surface area contributed by atoms with Gasteiger partial charge in [0, 0.05) is 5.41 Å². The van der Waals surface area contributed by atoms with E-state index < -0.39 is 5.60 Å². The highest BCUT2D eigenvalue weighted by Crippen LogP contribution is 2.68. The summed E-state index contributed by atoms with van der Waals surface area (Å²) < 4.78 is 12.1. The second kappa shape index (κ2) is 7.85. The molecule has 176 valence electrons. The molecule has 33 heavy (non-hydrogen) atoms. The fourth-order valence-corrected chi connectivity index (χ4v) is 8.50. The summed E-state index contributed by atoms with van der Waals surface area (Å²) in [4.78, 5) is 0. The van der Waals surface area contributed by atoms with Crippen LogP contribution in [-0.4, -0.2) is 11.2 Å². The van der Waals surface area contributed by atoms with E-state index in [1.165, 1.54) is 44.1 Å². The van der Waals surface area contributed by atoms with Crippen molar-refractivity contribution in [2.45, 2.75) is 77.1 Å². The molecule has 0 saturated heterocycles. The lowest BCUT2D eigenvalue weighted by Gasteiger charge is -2.61. The van der Waals surface area contributed by atoms with E-state index in [9.17, 15) is 5.11 Å². The van der Waals surface area contributed by atoms with Gasteiger partial charge in [0.2, 0.25) is 0 Å². The number of aliphatic hydroxyl groups is 1. The molecular formula is C30H38O3. The first-order valence-corrected chi connectivity index (χ1v) is 13.1. The predicted octanol–water partition coefficient (Wildman–Crippen LogP) is 6.87.